The van der Waals surface area contributed by atoms with Gasteiger partial charge < -0.3 is 10.1 Å². The summed E-state index contributed by atoms with van der Waals surface area (Å²) in [6.07, 6.45) is 0.928. The predicted molar refractivity (Wildman–Crippen MR) is 107 cm³/mol. The van der Waals surface area contributed by atoms with E-state index >= 15 is 0 Å². The third-order valence-electron chi connectivity index (χ3n) is 4.32. The van der Waals surface area contributed by atoms with E-state index in [1.807, 2.05) is 31.2 Å². The number of ether oxygens (including phenoxy) is 1. The molecule has 3 aromatic rings. The molecule has 0 aliphatic carbocycles. The van der Waals surface area contributed by atoms with Gasteiger partial charge in [-0.1, -0.05) is 19.1 Å². The van der Waals surface area contributed by atoms with Crippen LogP contribution in [0.25, 0.3) is 11.0 Å². The zero-order valence-electron chi connectivity index (χ0n) is 16.0. The average molecular weight is 381 g/mol. The Morgan fingerprint density at radius 2 is 1.57 bits per heavy atom. The molecular weight excluding hydrogens is 358 g/mol. The van der Waals surface area contributed by atoms with Crippen molar-refractivity contribution in [2.24, 2.45) is 0 Å². The standard InChI is InChI=1S/C21H23N3O4/c1-3-13-23-18-6-4-5-7-19(18)24(21(23)27)14-12-20(26)28-17-10-8-16(9-11-17)22-15(2)25/h4-11H,3,12-14H2,1-2H3,(H,22,25). The van der Waals surface area contributed by atoms with Gasteiger partial charge in [0.1, 0.15) is 5.75 Å². The summed E-state index contributed by atoms with van der Waals surface area (Å²) in [5, 5.41) is 2.65. The van der Waals surface area contributed by atoms with Crippen LogP contribution in [0.1, 0.15) is 26.7 Å². The van der Waals surface area contributed by atoms with Crippen molar-refractivity contribution < 1.29 is 14.3 Å². The van der Waals surface area contributed by atoms with Crippen molar-refractivity contribution >= 4 is 28.6 Å². The van der Waals surface area contributed by atoms with Crippen LogP contribution >= 0.6 is 0 Å². The second-order valence-corrected chi connectivity index (χ2v) is 6.50. The van der Waals surface area contributed by atoms with Gasteiger partial charge in [0.05, 0.1) is 17.5 Å². The summed E-state index contributed by atoms with van der Waals surface area (Å²) in [7, 11) is 0. The minimum absolute atomic E-state index is 0.0769. The van der Waals surface area contributed by atoms with Crippen molar-refractivity contribution in [1.82, 2.24) is 9.13 Å². The summed E-state index contributed by atoms with van der Waals surface area (Å²) in [5.41, 5.74) is 2.20. The van der Waals surface area contributed by atoms with E-state index in [0.29, 0.717) is 18.0 Å². The number of fused-ring (bicyclic) bond motifs is 1. The number of hydrogen-bond donors (Lipinski definition) is 1. The topological polar surface area (TPSA) is 82.3 Å². The van der Waals surface area contributed by atoms with Crippen molar-refractivity contribution in [3.05, 3.63) is 59.0 Å². The average Bonchev–Trinajstić information content (AvgIpc) is 2.93. The van der Waals surface area contributed by atoms with Crippen LogP contribution in [-0.4, -0.2) is 21.0 Å². The van der Waals surface area contributed by atoms with E-state index in [4.69, 9.17) is 4.74 Å². The molecule has 1 heterocycles. The Kier molecular flexibility index (Phi) is 5.93. The Hall–Kier alpha value is -3.35. The van der Waals surface area contributed by atoms with E-state index in [9.17, 15) is 14.4 Å². The summed E-state index contributed by atoms with van der Waals surface area (Å²) in [4.78, 5) is 36.0. The fraction of sp³-hybridized carbons (Fsp3) is 0.286. The largest absolute Gasteiger partial charge is 0.426 e. The first-order valence-corrected chi connectivity index (χ1v) is 9.26. The van der Waals surface area contributed by atoms with Crippen LogP contribution in [0.15, 0.2) is 53.3 Å². The predicted octanol–water partition coefficient (Wildman–Crippen LogP) is 3.17. The number of para-hydroxylation sites is 2. The van der Waals surface area contributed by atoms with Crippen LogP contribution in [0.2, 0.25) is 0 Å². The van der Waals surface area contributed by atoms with Gasteiger partial charge in [0, 0.05) is 25.7 Å². The lowest BCUT2D eigenvalue weighted by atomic mass is 10.3. The molecule has 3 rings (SSSR count). The lowest BCUT2D eigenvalue weighted by Crippen LogP contribution is -2.25. The number of anilines is 1. The molecular formula is C21H23N3O4. The molecule has 1 amide bonds. The van der Waals surface area contributed by atoms with Gasteiger partial charge in [0.2, 0.25) is 5.91 Å². The molecule has 1 N–H and O–H groups in total. The van der Waals surface area contributed by atoms with E-state index < -0.39 is 5.97 Å². The number of nitrogens with one attached hydrogen (secondary N) is 1. The molecule has 0 fully saturated rings. The van der Waals surface area contributed by atoms with E-state index in [2.05, 4.69) is 5.32 Å². The highest BCUT2D eigenvalue weighted by Crippen LogP contribution is 2.17. The maximum absolute atomic E-state index is 12.7. The number of imidazole rings is 1. The highest BCUT2D eigenvalue weighted by atomic mass is 16.5. The van der Waals surface area contributed by atoms with Crippen LogP contribution < -0.4 is 15.7 Å². The fourth-order valence-electron chi connectivity index (χ4n) is 3.12. The third-order valence-corrected chi connectivity index (χ3v) is 4.32. The van der Waals surface area contributed by atoms with Gasteiger partial charge in [-0.25, -0.2) is 4.79 Å². The number of rotatable bonds is 7. The fourth-order valence-corrected chi connectivity index (χ4v) is 3.12. The maximum Gasteiger partial charge on any atom is 0.329 e. The molecule has 2 aromatic carbocycles. The first kappa shape index (κ1) is 19.4. The van der Waals surface area contributed by atoms with E-state index in [1.54, 1.807) is 33.4 Å². The monoisotopic (exact) mass is 381 g/mol. The lowest BCUT2D eigenvalue weighted by molar-refractivity contribution is -0.134. The number of aryl methyl sites for hydroxylation is 2. The highest BCUT2D eigenvalue weighted by Gasteiger charge is 2.14. The van der Waals surface area contributed by atoms with Crippen LogP contribution in [0.4, 0.5) is 5.69 Å². The molecule has 146 valence electrons. The van der Waals surface area contributed by atoms with Crippen molar-refractivity contribution in [3.63, 3.8) is 0 Å². The van der Waals surface area contributed by atoms with Gasteiger partial charge in [-0.05, 0) is 42.8 Å². The molecule has 0 spiro atoms. The SMILES string of the molecule is CCCn1c(=O)n(CCC(=O)Oc2ccc(NC(C)=O)cc2)c2ccccc21. The molecule has 0 saturated carbocycles. The Morgan fingerprint density at radius 1 is 0.964 bits per heavy atom. The number of hydrogen-bond acceptors (Lipinski definition) is 4. The smallest absolute Gasteiger partial charge is 0.329 e. The number of amides is 1. The lowest BCUT2D eigenvalue weighted by Gasteiger charge is -2.07. The first-order chi connectivity index (χ1) is 13.5. The van der Waals surface area contributed by atoms with Crippen molar-refractivity contribution in [2.45, 2.75) is 39.8 Å². The summed E-state index contributed by atoms with van der Waals surface area (Å²) < 4.78 is 8.68. The van der Waals surface area contributed by atoms with Gasteiger partial charge in [-0.2, -0.15) is 0 Å². The van der Waals surface area contributed by atoms with Crippen molar-refractivity contribution in [1.29, 1.82) is 0 Å². The zero-order valence-corrected chi connectivity index (χ0v) is 16.0. The second-order valence-electron chi connectivity index (χ2n) is 6.50. The summed E-state index contributed by atoms with van der Waals surface area (Å²) >= 11 is 0. The Morgan fingerprint density at radius 3 is 2.14 bits per heavy atom. The highest BCUT2D eigenvalue weighted by molar-refractivity contribution is 5.88. The number of carbonyl (C=O) groups is 2. The van der Waals surface area contributed by atoms with Crippen LogP contribution in [0.3, 0.4) is 0 Å². The Bertz CT molecular complexity index is 1050. The molecule has 28 heavy (non-hydrogen) atoms. The molecule has 0 bridgehead atoms. The quantitative estimate of drug-likeness (QED) is 0.503. The molecule has 0 saturated heterocycles. The minimum Gasteiger partial charge on any atom is -0.426 e. The molecule has 0 atom stereocenters. The summed E-state index contributed by atoms with van der Waals surface area (Å²) in [6.45, 7) is 4.33. The molecule has 0 unspecified atom stereocenters. The van der Waals surface area contributed by atoms with Gasteiger partial charge in [-0.3, -0.25) is 18.7 Å². The molecule has 0 radical (unpaired) electrons. The number of nitrogens with zero attached hydrogens (tertiary/aromatic N) is 2. The van der Waals surface area contributed by atoms with Crippen LogP contribution in [-0.2, 0) is 22.7 Å². The number of esters is 1. The third kappa shape index (κ3) is 4.31. The maximum atomic E-state index is 12.7. The van der Waals surface area contributed by atoms with Gasteiger partial charge >= 0.3 is 11.7 Å². The summed E-state index contributed by atoms with van der Waals surface area (Å²) in [5.74, 6) is -0.205. The molecule has 1 aromatic heterocycles. The number of carbonyl (C=O) groups excluding carboxylic acids is 2. The zero-order chi connectivity index (χ0) is 20.1. The van der Waals surface area contributed by atoms with Crippen molar-refractivity contribution in [3.8, 4) is 5.75 Å². The van der Waals surface area contributed by atoms with Crippen LogP contribution in [0.5, 0.6) is 5.75 Å². The first-order valence-electron chi connectivity index (χ1n) is 9.26. The Labute approximate surface area is 162 Å². The van der Waals surface area contributed by atoms with Gasteiger partial charge in [0.15, 0.2) is 0 Å². The van der Waals surface area contributed by atoms with E-state index in [-0.39, 0.29) is 24.6 Å². The van der Waals surface area contributed by atoms with Crippen molar-refractivity contribution in [2.75, 3.05) is 5.32 Å². The number of benzene rings is 2. The Balaban J connectivity index is 1.69. The second kappa shape index (κ2) is 8.56. The van der Waals surface area contributed by atoms with E-state index in [0.717, 1.165) is 17.5 Å². The van der Waals surface area contributed by atoms with Gasteiger partial charge in [-0.15, -0.1) is 0 Å². The molecule has 0 aliphatic heterocycles. The molecule has 0 aliphatic rings. The normalized spacial score (nSPS) is 10.8. The summed E-state index contributed by atoms with van der Waals surface area (Å²) in [6, 6.07) is 14.1. The van der Waals surface area contributed by atoms with Crippen LogP contribution in [0, 0.1) is 0 Å². The number of aromatic nitrogens is 2. The minimum atomic E-state index is -0.425. The molecule has 7 nitrogen and oxygen atoms in total. The van der Waals surface area contributed by atoms with Gasteiger partial charge in [0.25, 0.3) is 0 Å². The van der Waals surface area contributed by atoms with E-state index in [1.165, 1.54) is 6.92 Å². The molecule has 7 heteroatoms.